The highest BCUT2D eigenvalue weighted by molar-refractivity contribution is 6.30. The fraction of sp³-hybridized carbons (Fsp3) is 0.294. The highest BCUT2D eigenvalue weighted by atomic mass is 35.5. The van der Waals surface area contributed by atoms with Crippen LogP contribution in [0.3, 0.4) is 0 Å². The maximum Gasteiger partial charge on any atom is 0.252 e. The number of benzene rings is 1. The van der Waals surface area contributed by atoms with Crippen molar-refractivity contribution >= 4 is 29.0 Å². The number of nitrogens with one attached hydrogen (secondary N) is 1. The number of aromatic amines is 1. The zero-order chi connectivity index (χ0) is 17.2. The molecule has 0 radical (unpaired) electrons. The van der Waals surface area contributed by atoms with Gasteiger partial charge in [0.05, 0.1) is 17.1 Å². The van der Waals surface area contributed by atoms with Gasteiger partial charge in [-0.05, 0) is 12.1 Å². The second kappa shape index (κ2) is 6.68. The lowest BCUT2D eigenvalue weighted by atomic mass is 9.99. The minimum absolute atomic E-state index is 0.122. The lowest BCUT2D eigenvalue weighted by Crippen LogP contribution is -2.40. The summed E-state index contributed by atoms with van der Waals surface area (Å²) in [4.78, 5) is 29.3. The van der Waals surface area contributed by atoms with Crippen molar-refractivity contribution < 1.29 is 9.53 Å². The van der Waals surface area contributed by atoms with Crippen LogP contribution >= 0.6 is 11.6 Å². The van der Waals surface area contributed by atoms with Crippen molar-refractivity contribution in [2.45, 2.75) is 25.0 Å². The van der Waals surface area contributed by atoms with Crippen molar-refractivity contribution in [3.05, 3.63) is 47.6 Å². The van der Waals surface area contributed by atoms with E-state index >= 15 is 0 Å². The summed E-state index contributed by atoms with van der Waals surface area (Å²) in [7, 11) is 0. The maximum atomic E-state index is 11.5. The summed E-state index contributed by atoms with van der Waals surface area (Å²) < 4.78 is 5.91. The maximum absolute atomic E-state index is 11.5. The Balaban J connectivity index is 1.58. The van der Waals surface area contributed by atoms with Gasteiger partial charge in [0.25, 0.3) is 5.88 Å². The first-order valence-electron chi connectivity index (χ1n) is 8.03. The number of ether oxygens (including phenoxy) is 1. The molecule has 1 aliphatic heterocycles. The number of halogens is 1. The molecule has 3 heterocycles. The van der Waals surface area contributed by atoms with Gasteiger partial charge in [-0.2, -0.15) is 0 Å². The number of carbonyl (C=O) groups is 1. The molecule has 1 aliphatic rings. The molecule has 1 saturated heterocycles. The number of imidazole rings is 1. The molecule has 2 atom stereocenters. The number of rotatable bonds is 4. The normalized spacial score (nSPS) is 20.6. The number of para-hydroxylation sites is 2. The summed E-state index contributed by atoms with van der Waals surface area (Å²) >= 11 is 6.02. The topological polar surface area (TPSA) is 84.0 Å². The van der Waals surface area contributed by atoms with E-state index in [0.29, 0.717) is 25.3 Å². The Morgan fingerprint density at radius 2 is 2.12 bits per heavy atom. The van der Waals surface area contributed by atoms with E-state index in [1.165, 1.54) is 6.20 Å². The summed E-state index contributed by atoms with van der Waals surface area (Å²) in [5.74, 6) is 1.07. The van der Waals surface area contributed by atoms with E-state index in [4.69, 9.17) is 16.3 Å². The first kappa shape index (κ1) is 15.8. The molecule has 25 heavy (non-hydrogen) atoms. The highest BCUT2D eigenvalue weighted by Crippen LogP contribution is 2.32. The van der Waals surface area contributed by atoms with Gasteiger partial charge in [-0.3, -0.25) is 4.79 Å². The first-order valence-corrected chi connectivity index (χ1v) is 8.41. The summed E-state index contributed by atoms with van der Waals surface area (Å²) in [5.41, 5.74) is 1.83. The third kappa shape index (κ3) is 3.15. The minimum atomic E-state index is -0.181. The molecule has 1 fully saturated rings. The molecule has 128 valence electrons. The molecular weight excluding hydrogens is 342 g/mol. The van der Waals surface area contributed by atoms with Gasteiger partial charge in [-0.1, -0.05) is 23.7 Å². The Morgan fingerprint density at radius 1 is 1.28 bits per heavy atom. The number of piperidine rings is 1. The fourth-order valence-electron chi connectivity index (χ4n) is 3.13. The quantitative estimate of drug-likeness (QED) is 0.726. The van der Waals surface area contributed by atoms with Crippen LogP contribution in [0.15, 0.2) is 36.7 Å². The number of hydrogen-bond acceptors (Lipinski definition) is 5. The predicted octanol–water partition coefficient (Wildman–Crippen LogP) is 2.75. The molecule has 3 aromatic rings. The summed E-state index contributed by atoms with van der Waals surface area (Å²) in [6.45, 7) is 0.577. The van der Waals surface area contributed by atoms with Crippen molar-refractivity contribution in [2.24, 2.45) is 0 Å². The van der Waals surface area contributed by atoms with Crippen molar-refractivity contribution in [3.8, 4) is 5.88 Å². The van der Waals surface area contributed by atoms with Gasteiger partial charge in [-0.15, -0.1) is 0 Å². The number of amides is 1. The number of likely N-dealkylation sites (tertiary alicyclic amines) is 1. The molecule has 8 heteroatoms. The molecule has 1 N–H and O–H groups in total. The number of aromatic nitrogens is 4. The van der Waals surface area contributed by atoms with E-state index in [0.717, 1.165) is 23.3 Å². The van der Waals surface area contributed by atoms with Gasteiger partial charge < -0.3 is 14.6 Å². The van der Waals surface area contributed by atoms with Crippen molar-refractivity contribution in [1.82, 2.24) is 24.8 Å². The van der Waals surface area contributed by atoms with Crippen molar-refractivity contribution in [1.29, 1.82) is 0 Å². The standard InChI is InChI=1S/C17H16ClN5O2/c18-15-17(20-7-6-19-15)25-11-5-8-23(10-24)14(9-11)16-21-12-3-1-2-4-13(12)22-16/h1-4,6-7,10-11,14H,5,8-9H2,(H,21,22)/t11-,14+/m1/s1. The number of nitrogens with zero attached hydrogens (tertiary/aromatic N) is 4. The highest BCUT2D eigenvalue weighted by Gasteiger charge is 2.32. The van der Waals surface area contributed by atoms with Crippen LogP contribution < -0.4 is 4.74 Å². The van der Waals surface area contributed by atoms with Crippen molar-refractivity contribution in [2.75, 3.05) is 6.54 Å². The lowest BCUT2D eigenvalue weighted by molar-refractivity contribution is -0.123. The largest absolute Gasteiger partial charge is 0.472 e. The Hall–Kier alpha value is -2.67. The molecule has 7 nitrogen and oxygen atoms in total. The Bertz CT molecular complexity index is 866. The van der Waals surface area contributed by atoms with E-state index in [1.807, 2.05) is 24.3 Å². The lowest BCUT2D eigenvalue weighted by Gasteiger charge is -2.35. The Kier molecular flexibility index (Phi) is 4.23. The third-order valence-corrected chi connectivity index (χ3v) is 4.61. The first-order chi connectivity index (χ1) is 12.2. The molecule has 0 bridgehead atoms. The summed E-state index contributed by atoms with van der Waals surface area (Å²) in [6, 6.07) is 7.61. The zero-order valence-corrected chi connectivity index (χ0v) is 14.1. The van der Waals surface area contributed by atoms with E-state index in [1.54, 1.807) is 11.1 Å². The van der Waals surface area contributed by atoms with Crippen LogP contribution in [-0.4, -0.2) is 43.9 Å². The average Bonchev–Trinajstić information content (AvgIpc) is 3.07. The SMILES string of the molecule is O=CN1CC[C@@H](Oc2nccnc2Cl)C[C@H]1c1nc2ccccc2[nH]1. The number of carbonyl (C=O) groups excluding carboxylic acids is 1. The van der Waals surface area contributed by atoms with E-state index in [9.17, 15) is 4.79 Å². The molecular formula is C17H16ClN5O2. The summed E-state index contributed by atoms with van der Waals surface area (Å²) in [5, 5.41) is 0.237. The molecule has 0 spiro atoms. The van der Waals surface area contributed by atoms with Crippen LogP contribution in [0.2, 0.25) is 5.15 Å². The second-order valence-electron chi connectivity index (χ2n) is 5.91. The average molecular weight is 358 g/mol. The van der Waals surface area contributed by atoms with Crippen LogP contribution in [0.25, 0.3) is 11.0 Å². The molecule has 1 amide bonds. The smallest absolute Gasteiger partial charge is 0.252 e. The van der Waals surface area contributed by atoms with Gasteiger partial charge in [0.2, 0.25) is 6.41 Å². The second-order valence-corrected chi connectivity index (χ2v) is 6.27. The van der Waals surface area contributed by atoms with Gasteiger partial charge in [0.15, 0.2) is 5.15 Å². The van der Waals surface area contributed by atoms with E-state index in [-0.39, 0.29) is 17.3 Å². The van der Waals surface area contributed by atoms with E-state index < -0.39 is 0 Å². The number of hydrogen-bond donors (Lipinski definition) is 1. The molecule has 0 unspecified atom stereocenters. The molecule has 4 rings (SSSR count). The van der Waals surface area contributed by atoms with Gasteiger partial charge in [0, 0.05) is 31.8 Å². The van der Waals surface area contributed by atoms with Crippen LogP contribution in [0, 0.1) is 0 Å². The van der Waals surface area contributed by atoms with E-state index in [2.05, 4.69) is 19.9 Å². The van der Waals surface area contributed by atoms with Crippen LogP contribution in [0.1, 0.15) is 24.7 Å². The van der Waals surface area contributed by atoms with Crippen LogP contribution in [-0.2, 0) is 4.79 Å². The fourth-order valence-corrected chi connectivity index (χ4v) is 3.28. The third-order valence-electron chi connectivity index (χ3n) is 4.36. The van der Waals surface area contributed by atoms with Crippen LogP contribution in [0.4, 0.5) is 0 Å². The molecule has 2 aromatic heterocycles. The predicted molar refractivity (Wildman–Crippen MR) is 92.3 cm³/mol. The van der Waals surface area contributed by atoms with Crippen LogP contribution in [0.5, 0.6) is 5.88 Å². The van der Waals surface area contributed by atoms with Gasteiger partial charge >= 0.3 is 0 Å². The number of fused-ring (bicyclic) bond motifs is 1. The van der Waals surface area contributed by atoms with Crippen molar-refractivity contribution in [3.63, 3.8) is 0 Å². The zero-order valence-electron chi connectivity index (χ0n) is 13.3. The monoisotopic (exact) mass is 357 g/mol. The Labute approximate surface area is 149 Å². The van der Waals surface area contributed by atoms with Gasteiger partial charge in [0.1, 0.15) is 11.9 Å². The summed E-state index contributed by atoms with van der Waals surface area (Å²) in [6.07, 6.45) is 5.10. The molecule has 0 aliphatic carbocycles. The molecule has 1 aromatic carbocycles. The van der Waals surface area contributed by atoms with Gasteiger partial charge in [-0.25, -0.2) is 15.0 Å². The number of H-pyrrole nitrogens is 1. The Morgan fingerprint density at radius 3 is 2.92 bits per heavy atom. The molecule has 0 saturated carbocycles. The minimum Gasteiger partial charge on any atom is -0.472 e.